The van der Waals surface area contributed by atoms with E-state index in [0.29, 0.717) is 11.1 Å². The third-order valence-electron chi connectivity index (χ3n) is 3.17. The zero-order valence-corrected chi connectivity index (χ0v) is 10.7. The number of nitrogens with zero attached hydrogens (tertiary/aromatic N) is 1. The van der Waals surface area contributed by atoms with Crippen molar-refractivity contribution in [1.29, 1.82) is 0 Å². The second kappa shape index (κ2) is 4.10. The number of carbonyl (C=O) groups excluding carboxylic acids is 1. The van der Waals surface area contributed by atoms with Gasteiger partial charge in [-0.15, -0.1) is 12.6 Å². The summed E-state index contributed by atoms with van der Waals surface area (Å²) in [6.45, 7) is 0. The highest BCUT2D eigenvalue weighted by atomic mass is 32.1. The molecule has 0 aromatic heterocycles. The predicted molar refractivity (Wildman–Crippen MR) is 75.1 cm³/mol. The Kier molecular flexibility index (Phi) is 2.56. The zero-order chi connectivity index (χ0) is 12.7. The quantitative estimate of drug-likeness (QED) is 0.613. The molecule has 0 unspecified atom stereocenters. The summed E-state index contributed by atoms with van der Waals surface area (Å²) in [6, 6.07) is 13.1. The van der Waals surface area contributed by atoms with Crippen molar-refractivity contribution in [3.63, 3.8) is 0 Å². The SMILES string of the molecule is CN=C1c2ccccc2C(=O)c2cccc(S)c21. The molecule has 0 aliphatic heterocycles. The molecule has 0 fully saturated rings. The highest BCUT2D eigenvalue weighted by Gasteiger charge is 2.28. The number of thiol groups is 1. The summed E-state index contributed by atoms with van der Waals surface area (Å²) in [7, 11) is 1.74. The van der Waals surface area contributed by atoms with Gasteiger partial charge in [0.05, 0.1) is 5.71 Å². The Morgan fingerprint density at radius 1 is 0.944 bits per heavy atom. The van der Waals surface area contributed by atoms with Crippen molar-refractivity contribution >= 4 is 24.1 Å². The molecule has 0 N–H and O–H groups in total. The van der Waals surface area contributed by atoms with Crippen molar-refractivity contribution in [2.45, 2.75) is 4.90 Å². The summed E-state index contributed by atoms with van der Waals surface area (Å²) in [6.07, 6.45) is 0. The van der Waals surface area contributed by atoms with Gasteiger partial charge in [-0.05, 0) is 6.07 Å². The molecule has 2 aromatic carbocycles. The van der Waals surface area contributed by atoms with Crippen LogP contribution in [0.15, 0.2) is 52.4 Å². The summed E-state index contributed by atoms with van der Waals surface area (Å²) < 4.78 is 0. The molecule has 0 amide bonds. The Balaban J connectivity index is 2.41. The molecule has 0 saturated carbocycles. The molecule has 0 bridgehead atoms. The highest BCUT2D eigenvalue weighted by molar-refractivity contribution is 7.80. The van der Waals surface area contributed by atoms with Gasteiger partial charge in [-0.2, -0.15) is 0 Å². The average molecular weight is 253 g/mol. The molecule has 3 rings (SSSR count). The van der Waals surface area contributed by atoms with Gasteiger partial charge in [-0.25, -0.2) is 0 Å². The maximum Gasteiger partial charge on any atom is 0.194 e. The number of rotatable bonds is 0. The molecule has 1 aliphatic rings. The van der Waals surface area contributed by atoms with Crippen molar-refractivity contribution in [3.8, 4) is 0 Å². The Morgan fingerprint density at radius 2 is 1.61 bits per heavy atom. The van der Waals surface area contributed by atoms with E-state index in [4.69, 9.17) is 0 Å². The second-order valence-electron chi connectivity index (χ2n) is 4.15. The van der Waals surface area contributed by atoms with E-state index in [2.05, 4.69) is 17.6 Å². The maximum absolute atomic E-state index is 12.4. The first-order valence-corrected chi connectivity index (χ1v) is 6.12. The second-order valence-corrected chi connectivity index (χ2v) is 4.63. The number of benzene rings is 2. The van der Waals surface area contributed by atoms with Crippen LogP contribution >= 0.6 is 12.6 Å². The Morgan fingerprint density at radius 3 is 2.33 bits per heavy atom. The smallest absolute Gasteiger partial charge is 0.194 e. The molecule has 3 heteroatoms. The summed E-state index contributed by atoms with van der Waals surface area (Å²) >= 11 is 4.45. The van der Waals surface area contributed by atoms with E-state index < -0.39 is 0 Å². The number of ketones is 1. The fourth-order valence-electron chi connectivity index (χ4n) is 2.38. The van der Waals surface area contributed by atoms with Crippen LogP contribution < -0.4 is 0 Å². The van der Waals surface area contributed by atoms with Gasteiger partial charge < -0.3 is 0 Å². The van der Waals surface area contributed by atoms with E-state index in [0.717, 1.165) is 21.7 Å². The lowest BCUT2D eigenvalue weighted by Crippen LogP contribution is -2.22. The minimum absolute atomic E-state index is 0.0453. The summed E-state index contributed by atoms with van der Waals surface area (Å²) in [5, 5.41) is 0. The molecule has 0 atom stereocenters. The minimum Gasteiger partial charge on any atom is -0.289 e. The Bertz CT molecular complexity index is 689. The summed E-state index contributed by atoms with van der Waals surface area (Å²) in [5.74, 6) is 0.0453. The lowest BCUT2D eigenvalue weighted by Gasteiger charge is -2.21. The van der Waals surface area contributed by atoms with Crippen molar-refractivity contribution in [2.75, 3.05) is 7.05 Å². The van der Waals surface area contributed by atoms with Crippen LogP contribution in [0, 0.1) is 0 Å². The Labute approximate surface area is 111 Å². The Hall–Kier alpha value is -1.87. The van der Waals surface area contributed by atoms with Gasteiger partial charge >= 0.3 is 0 Å². The van der Waals surface area contributed by atoms with Crippen molar-refractivity contribution in [2.24, 2.45) is 4.99 Å². The van der Waals surface area contributed by atoms with Gasteiger partial charge in [0.25, 0.3) is 0 Å². The van der Waals surface area contributed by atoms with E-state index in [1.807, 2.05) is 42.5 Å². The number of aliphatic imine (C=N–C) groups is 1. The first-order valence-electron chi connectivity index (χ1n) is 5.67. The number of fused-ring (bicyclic) bond motifs is 2. The number of hydrogen-bond donors (Lipinski definition) is 1. The maximum atomic E-state index is 12.4. The van der Waals surface area contributed by atoms with Crippen molar-refractivity contribution < 1.29 is 4.79 Å². The standard InChI is InChI=1S/C15H11NOS/c1-16-14-9-5-2-3-6-10(9)15(17)11-7-4-8-12(18)13(11)14/h2-8,18H,1H3. The van der Waals surface area contributed by atoms with Crippen LogP contribution in [-0.4, -0.2) is 18.5 Å². The molecule has 1 aliphatic carbocycles. The van der Waals surface area contributed by atoms with Crippen LogP contribution in [0.3, 0.4) is 0 Å². The highest BCUT2D eigenvalue weighted by Crippen LogP contribution is 2.31. The monoisotopic (exact) mass is 253 g/mol. The lowest BCUT2D eigenvalue weighted by molar-refractivity contribution is 0.103. The topological polar surface area (TPSA) is 29.4 Å². The van der Waals surface area contributed by atoms with E-state index in [9.17, 15) is 4.79 Å². The van der Waals surface area contributed by atoms with Crippen LogP contribution in [0.25, 0.3) is 0 Å². The van der Waals surface area contributed by atoms with Gasteiger partial charge in [-0.1, -0.05) is 36.4 Å². The fourth-order valence-corrected chi connectivity index (χ4v) is 2.69. The van der Waals surface area contributed by atoms with Gasteiger partial charge in [0.2, 0.25) is 0 Å². The summed E-state index contributed by atoms with van der Waals surface area (Å²) in [5.41, 5.74) is 3.96. The molecule has 18 heavy (non-hydrogen) atoms. The molecule has 88 valence electrons. The van der Waals surface area contributed by atoms with Gasteiger partial charge in [-0.3, -0.25) is 9.79 Å². The predicted octanol–water partition coefficient (Wildman–Crippen LogP) is 2.99. The van der Waals surface area contributed by atoms with Crippen LogP contribution in [0.5, 0.6) is 0 Å². The van der Waals surface area contributed by atoms with Crippen LogP contribution in [-0.2, 0) is 0 Å². The lowest BCUT2D eigenvalue weighted by atomic mass is 9.83. The molecule has 0 saturated heterocycles. The van der Waals surface area contributed by atoms with E-state index in [-0.39, 0.29) is 5.78 Å². The molecular weight excluding hydrogens is 242 g/mol. The number of hydrogen-bond acceptors (Lipinski definition) is 3. The van der Waals surface area contributed by atoms with Crippen LogP contribution in [0.4, 0.5) is 0 Å². The van der Waals surface area contributed by atoms with Gasteiger partial charge in [0.1, 0.15) is 0 Å². The van der Waals surface area contributed by atoms with E-state index in [1.165, 1.54) is 0 Å². The third kappa shape index (κ3) is 1.44. The van der Waals surface area contributed by atoms with Crippen molar-refractivity contribution in [1.82, 2.24) is 0 Å². The fraction of sp³-hybridized carbons (Fsp3) is 0.0667. The van der Waals surface area contributed by atoms with E-state index in [1.54, 1.807) is 7.05 Å². The molecule has 2 aromatic rings. The zero-order valence-electron chi connectivity index (χ0n) is 9.84. The summed E-state index contributed by atoms with van der Waals surface area (Å²) in [4.78, 5) is 17.6. The first kappa shape index (κ1) is 11.2. The third-order valence-corrected chi connectivity index (χ3v) is 3.55. The molecule has 0 radical (unpaired) electrons. The van der Waals surface area contributed by atoms with E-state index >= 15 is 0 Å². The van der Waals surface area contributed by atoms with Crippen LogP contribution in [0.1, 0.15) is 27.0 Å². The normalized spacial score (nSPS) is 15.4. The minimum atomic E-state index is 0.0453. The van der Waals surface area contributed by atoms with Crippen LogP contribution in [0.2, 0.25) is 0 Å². The van der Waals surface area contributed by atoms with Gasteiger partial charge in [0, 0.05) is 34.2 Å². The molecule has 0 heterocycles. The molecule has 2 nitrogen and oxygen atoms in total. The average Bonchev–Trinajstić information content (AvgIpc) is 2.41. The first-order chi connectivity index (χ1) is 8.74. The van der Waals surface area contributed by atoms with Crippen molar-refractivity contribution in [3.05, 3.63) is 64.7 Å². The number of carbonyl (C=O) groups is 1. The van der Waals surface area contributed by atoms with Gasteiger partial charge in [0.15, 0.2) is 5.78 Å². The molecular formula is C15H11NOS. The largest absolute Gasteiger partial charge is 0.289 e. The molecule has 0 spiro atoms.